The van der Waals surface area contributed by atoms with E-state index in [0.29, 0.717) is 17.4 Å². The SMILES string of the molecule is CC1=CC23C(=O)[C@@H](C=C(CO)[C@@H](O)[C@]2(O)[C@H]1Oc1nccc2ccccc12)[C@H]1[C@@H](C[C@H]3C)C1(C)C. The molecule has 1 spiro atoms. The molecule has 0 radical (unpaired) electrons. The van der Waals surface area contributed by atoms with Crippen molar-refractivity contribution in [2.45, 2.75) is 51.9 Å². The second kappa shape index (κ2) is 7.25. The predicted octanol–water partition coefficient (Wildman–Crippen LogP) is 3.45. The number of nitrogens with zero attached hydrogens (tertiary/aromatic N) is 1. The van der Waals surface area contributed by atoms with Crippen LogP contribution in [0.1, 0.15) is 34.1 Å². The number of hydrogen-bond donors (Lipinski definition) is 3. The van der Waals surface area contributed by atoms with Crippen molar-refractivity contribution in [1.29, 1.82) is 0 Å². The molecule has 4 aliphatic rings. The summed E-state index contributed by atoms with van der Waals surface area (Å²) < 4.78 is 6.44. The number of carbonyl (C=O) groups is 1. The molecule has 2 saturated carbocycles. The molecule has 1 heterocycles. The Morgan fingerprint density at radius 1 is 1.20 bits per heavy atom. The van der Waals surface area contributed by atoms with Gasteiger partial charge in [0.05, 0.1) is 12.0 Å². The fraction of sp³-hybridized carbons (Fsp3) is 0.517. The Labute approximate surface area is 205 Å². The highest BCUT2D eigenvalue weighted by molar-refractivity contribution is 5.95. The van der Waals surface area contributed by atoms with Crippen LogP contribution in [0.5, 0.6) is 5.88 Å². The summed E-state index contributed by atoms with van der Waals surface area (Å²) in [5.74, 6) is 0.0425. The van der Waals surface area contributed by atoms with E-state index in [9.17, 15) is 20.1 Å². The minimum Gasteiger partial charge on any atom is -0.466 e. The highest BCUT2D eigenvalue weighted by Crippen LogP contribution is 2.71. The first-order valence-electron chi connectivity index (χ1n) is 12.5. The van der Waals surface area contributed by atoms with Gasteiger partial charge < -0.3 is 20.1 Å². The van der Waals surface area contributed by atoms with E-state index in [1.54, 1.807) is 12.3 Å². The number of ketones is 1. The van der Waals surface area contributed by atoms with Crippen molar-refractivity contribution in [2.24, 2.45) is 34.5 Å². The second-order valence-electron chi connectivity index (χ2n) is 11.7. The molecule has 6 rings (SSSR count). The summed E-state index contributed by atoms with van der Waals surface area (Å²) in [6.45, 7) is 7.79. The molecule has 4 aliphatic carbocycles. The number of benzene rings is 1. The van der Waals surface area contributed by atoms with Gasteiger partial charge in [-0.15, -0.1) is 0 Å². The number of rotatable bonds is 3. The van der Waals surface area contributed by atoms with Crippen LogP contribution in [-0.4, -0.2) is 50.5 Å². The molecule has 2 bridgehead atoms. The first-order chi connectivity index (χ1) is 16.6. The van der Waals surface area contributed by atoms with Crippen molar-refractivity contribution in [1.82, 2.24) is 4.98 Å². The third kappa shape index (κ3) is 2.71. The molecule has 1 aromatic heterocycles. The number of carbonyl (C=O) groups excluding carboxylic acids is 1. The van der Waals surface area contributed by atoms with E-state index in [-0.39, 0.29) is 28.6 Å². The molecule has 1 aromatic carbocycles. The smallest absolute Gasteiger partial charge is 0.222 e. The largest absolute Gasteiger partial charge is 0.466 e. The van der Waals surface area contributed by atoms with Crippen LogP contribution in [-0.2, 0) is 4.79 Å². The molecular weight excluding hydrogens is 442 g/mol. The Hall–Kier alpha value is -2.54. The first-order valence-corrected chi connectivity index (χ1v) is 12.5. The van der Waals surface area contributed by atoms with Gasteiger partial charge in [0.1, 0.15) is 6.10 Å². The highest BCUT2D eigenvalue weighted by Gasteiger charge is 2.76. The molecular formula is C29H33NO5. The molecule has 0 aliphatic heterocycles. The lowest BCUT2D eigenvalue weighted by atomic mass is 9.59. The van der Waals surface area contributed by atoms with E-state index in [4.69, 9.17) is 4.74 Å². The summed E-state index contributed by atoms with van der Waals surface area (Å²) in [5, 5.41) is 36.3. The van der Waals surface area contributed by atoms with Gasteiger partial charge in [-0.3, -0.25) is 4.79 Å². The van der Waals surface area contributed by atoms with Gasteiger partial charge >= 0.3 is 0 Å². The predicted molar refractivity (Wildman–Crippen MR) is 132 cm³/mol. The minimum absolute atomic E-state index is 0.000803. The van der Waals surface area contributed by atoms with E-state index in [2.05, 4.69) is 18.8 Å². The first kappa shape index (κ1) is 22.9. The normalized spacial score (nSPS) is 41.3. The molecule has 0 saturated heterocycles. The Kier molecular flexibility index (Phi) is 4.74. The number of aliphatic hydroxyl groups excluding tert-OH is 2. The maximum atomic E-state index is 14.4. The lowest BCUT2D eigenvalue weighted by Crippen LogP contribution is -2.66. The molecule has 6 nitrogen and oxygen atoms in total. The number of fused-ring (bicyclic) bond motifs is 4. The second-order valence-corrected chi connectivity index (χ2v) is 11.7. The summed E-state index contributed by atoms with van der Waals surface area (Å²) >= 11 is 0. The Morgan fingerprint density at radius 3 is 2.69 bits per heavy atom. The molecule has 184 valence electrons. The van der Waals surface area contributed by atoms with Crippen molar-refractivity contribution >= 4 is 16.6 Å². The van der Waals surface area contributed by atoms with Gasteiger partial charge in [-0.2, -0.15) is 0 Å². The molecule has 2 aromatic rings. The molecule has 1 unspecified atom stereocenters. The molecule has 2 fully saturated rings. The van der Waals surface area contributed by atoms with E-state index in [0.717, 1.165) is 17.2 Å². The third-order valence-corrected chi connectivity index (χ3v) is 9.76. The van der Waals surface area contributed by atoms with E-state index < -0.39 is 35.7 Å². The number of hydrogen-bond acceptors (Lipinski definition) is 6. The van der Waals surface area contributed by atoms with Crippen LogP contribution in [0.3, 0.4) is 0 Å². The minimum atomic E-state index is -1.98. The monoisotopic (exact) mass is 475 g/mol. The van der Waals surface area contributed by atoms with Crippen molar-refractivity contribution in [3.05, 3.63) is 59.8 Å². The van der Waals surface area contributed by atoms with Crippen molar-refractivity contribution < 1.29 is 24.9 Å². The number of Topliss-reactive ketones (excluding diaryl/α,β-unsaturated/α-hetero) is 1. The molecule has 6 heteroatoms. The number of allylic oxidation sites excluding steroid dienone is 1. The number of aliphatic hydroxyl groups is 3. The zero-order chi connectivity index (χ0) is 24.9. The molecule has 8 atom stereocenters. The quantitative estimate of drug-likeness (QED) is 0.588. The van der Waals surface area contributed by atoms with Crippen molar-refractivity contribution in [3.8, 4) is 5.88 Å². The van der Waals surface area contributed by atoms with Crippen molar-refractivity contribution in [3.63, 3.8) is 0 Å². The van der Waals surface area contributed by atoms with Crippen molar-refractivity contribution in [2.75, 3.05) is 6.61 Å². The summed E-state index contributed by atoms with van der Waals surface area (Å²) in [6, 6.07) is 9.58. The van der Waals surface area contributed by atoms with Gasteiger partial charge in [0.15, 0.2) is 17.5 Å². The van der Waals surface area contributed by atoms with Crippen LogP contribution in [0.15, 0.2) is 59.8 Å². The summed E-state index contributed by atoms with van der Waals surface area (Å²) in [7, 11) is 0. The maximum Gasteiger partial charge on any atom is 0.222 e. The Bertz CT molecular complexity index is 1290. The Morgan fingerprint density at radius 2 is 1.94 bits per heavy atom. The van der Waals surface area contributed by atoms with Gasteiger partial charge in [-0.1, -0.05) is 51.1 Å². The van der Waals surface area contributed by atoms with Crippen LogP contribution in [0.2, 0.25) is 0 Å². The van der Waals surface area contributed by atoms with E-state index in [1.165, 1.54) is 0 Å². The van der Waals surface area contributed by atoms with E-state index in [1.807, 2.05) is 50.3 Å². The summed E-state index contributed by atoms with van der Waals surface area (Å²) in [4.78, 5) is 18.9. The lowest BCUT2D eigenvalue weighted by molar-refractivity contribution is -0.186. The zero-order valence-electron chi connectivity index (χ0n) is 20.6. The van der Waals surface area contributed by atoms with Gasteiger partial charge in [-0.05, 0) is 65.2 Å². The number of ether oxygens (including phenoxy) is 1. The van der Waals surface area contributed by atoms with Gasteiger partial charge in [0.25, 0.3) is 0 Å². The Balaban J connectivity index is 1.53. The van der Waals surface area contributed by atoms with Crippen LogP contribution < -0.4 is 4.74 Å². The number of aromatic nitrogens is 1. The topological polar surface area (TPSA) is 99.9 Å². The molecule has 3 N–H and O–H groups in total. The fourth-order valence-electron chi connectivity index (χ4n) is 7.89. The average molecular weight is 476 g/mol. The fourth-order valence-corrected chi connectivity index (χ4v) is 7.89. The van der Waals surface area contributed by atoms with Crippen LogP contribution in [0.4, 0.5) is 0 Å². The van der Waals surface area contributed by atoms with Gasteiger partial charge in [0.2, 0.25) is 5.88 Å². The zero-order valence-corrected chi connectivity index (χ0v) is 20.6. The van der Waals surface area contributed by atoms with E-state index >= 15 is 0 Å². The number of pyridine rings is 1. The van der Waals surface area contributed by atoms with Gasteiger partial charge in [-0.25, -0.2) is 4.98 Å². The molecule has 35 heavy (non-hydrogen) atoms. The highest BCUT2D eigenvalue weighted by atomic mass is 16.5. The lowest BCUT2D eigenvalue weighted by Gasteiger charge is -2.49. The third-order valence-electron chi connectivity index (χ3n) is 9.76. The standard InChI is InChI=1S/C29H33NO5/c1-15-13-28-16(2)11-21-22(27(21,3)4)20(24(28)33)12-18(14-31)23(32)29(28,34)25(15)35-26-19-8-6-5-7-17(19)9-10-30-26/h5-10,12-13,16,20-23,25,31-32,34H,11,14H2,1-4H3/t16-,20+,21-,22+,23-,25+,28?,29+/m1/s1. The average Bonchev–Trinajstić information content (AvgIpc) is 3.32. The summed E-state index contributed by atoms with van der Waals surface area (Å²) in [5.41, 5.74) is -2.33. The van der Waals surface area contributed by atoms with Crippen LogP contribution in [0.25, 0.3) is 10.8 Å². The van der Waals surface area contributed by atoms with Crippen LogP contribution in [0, 0.1) is 34.5 Å². The van der Waals surface area contributed by atoms with Gasteiger partial charge in [0, 0.05) is 17.5 Å². The van der Waals surface area contributed by atoms with Crippen LogP contribution >= 0.6 is 0 Å². The summed E-state index contributed by atoms with van der Waals surface area (Å²) in [6.07, 6.45) is 3.57. The molecule has 0 amide bonds. The maximum absolute atomic E-state index is 14.4.